The van der Waals surface area contributed by atoms with E-state index < -0.39 is 5.67 Å². The minimum absolute atomic E-state index is 0. The Hall–Kier alpha value is -1.59. The van der Waals surface area contributed by atoms with Gasteiger partial charge in [0.1, 0.15) is 5.67 Å². The van der Waals surface area contributed by atoms with Crippen LogP contribution in [0.15, 0.2) is 12.5 Å². The molecular weight excluding hydrogens is 331 g/mol. The fraction of sp³-hybridized carbons (Fsp3) is 0.800. The molecule has 0 radical (unpaired) electrons. The quantitative estimate of drug-likeness (QED) is 0.735. The highest BCUT2D eigenvalue weighted by Crippen LogP contribution is 2.50. The van der Waals surface area contributed by atoms with Crippen LogP contribution in [-0.2, 0) is 6.54 Å². The first-order valence-electron chi connectivity index (χ1n) is 10.1. The molecule has 150 valence electrons. The van der Waals surface area contributed by atoms with Gasteiger partial charge in [-0.2, -0.15) is 0 Å². The molecule has 2 N–H and O–H groups in total. The molecule has 5 atom stereocenters. The third-order valence-electron chi connectivity index (χ3n) is 6.30. The summed E-state index contributed by atoms with van der Waals surface area (Å²) in [5.74, 6) is 0.912. The molecule has 6 heteroatoms. The van der Waals surface area contributed by atoms with E-state index in [-0.39, 0.29) is 26.8 Å². The Labute approximate surface area is 159 Å². The Bertz CT molecular complexity index is 629. The number of carbonyl (C=O) groups is 1. The first-order valence-corrected chi connectivity index (χ1v) is 10.1. The zero-order chi connectivity index (χ0) is 18.7. The van der Waals surface area contributed by atoms with Crippen molar-refractivity contribution < 1.29 is 12.0 Å². The van der Waals surface area contributed by atoms with Crippen LogP contribution in [-0.4, -0.2) is 33.8 Å². The molecule has 1 aromatic heterocycles. The number of imidazole rings is 1. The summed E-state index contributed by atoms with van der Waals surface area (Å²) >= 11 is 0. The van der Waals surface area contributed by atoms with Crippen LogP contribution in [0.5, 0.6) is 0 Å². The van der Waals surface area contributed by atoms with E-state index in [0.29, 0.717) is 31.7 Å². The third kappa shape index (κ3) is 4.38. The maximum Gasteiger partial charge on any atom is 0.315 e. The van der Waals surface area contributed by atoms with Crippen LogP contribution < -0.4 is 10.6 Å². The number of alkyl halides is 1. The second kappa shape index (κ2) is 7.97. The summed E-state index contributed by atoms with van der Waals surface area (Å²) in [4.78, 5) is 16.5. The summed E-state index contributed by atoms with van der Waals surface area (Å²) in [5, 5.41) is 6.16. The van der Waals surface area contributed by atoms with Gasteiger partial charge in [0.2, 0.25) is 0 Å². The van der Waals surface area contributed by atoms with Crippen LogP contribution in [0.2, 0.25) is 0 Å². The second-order valence-corrected chi connectivity index (χ2v) is 8.54. The maximum atomic E-state index is 15.1. The van der Waals surface area contributed by atoms with E-state index in [1.807, 2.05) is 19.4 Å². The zero-order valence-corrected chi connectivity index (χ0v) is 16.3. The number of nitrogens with zero attached hydrogens (tertiary/aromatic N) is 2. The van der Waals surface area contributed by atoms with Gasteiger partial charge in [-0.15, -0.1) is 0 Å². The number of aryl methyl sites for hydroxylation is 2. The van der Waals surface area contributed by atoms with E-state index in [0.717, 1.165) is 31.5 Å². The topological polar surface area (TPSA) is 59.0 Å². The lowest BCUT2D eigenvalue weighted by atomic mass is 9.60. The van der Waals surface area contributed by atoms with Gasteiger partial charge in [-0.3, -0.25) is 0 Å². The van der Waals surface area contributed by atoms with Crippen molar-refractivity contribution >= 4 is 6.03 Å². The summed E-state index contributed by atoms with van der Waals surface area (Å²) in [6.07, 6.45) is 8.34. The lowest BCUT2D eigenvalue weighted by molar-refractivity contribution is -0.0368. The van der Waals surface area contributed by atoms with E-state index in [1.165, 1.54) is 0 Å². The molecule has 26 heavy (non-hydrogen) atoms. The average molecular weight is 369 g/mol. The number of hydrogen-bond acceptors (Lipinski definition) is 2. The standard InChI is InChI=1S/C20H33FN4O.2H2/c1-4-16-10-20(21)9-14(2)8-17(11-20)18(16)24-19(26)23-6-5-7-25-13-22-12-15(25)3;;/h12-14,16-18H,4-11H2,1-3H3,(H2,23,24,26);2*1H/t14?,16?,17?,18-,20-;;/m1../s1. The lowest BCUT2D eigenvalue weighted by Crippen LogP contribution is -2.57. The molecule has 2 aliphatic rings. The van der Waals surface area contributed by atoms with Gasteiger partial charge in [-0.25, -0.2) is 14.2 Å². The highest BCUT2D eigenvalue weighted by atomic mass is 19.1. The number of urea groups is 1. The SMILES string of the molecule is CCC1C[C@]2(F)CC(C)CC(C2)[C@@H]1NC(=O)NCCCn1cncc1C.[HH].[HH]. The van der Waals surface area contributed by atoms with Crippen LogP contribution in [0.25, 0.3) is 0 Å². The number of rotatable bonds is 6. The number of halogens is 1. The predicted molar refractivity (Wildman–Crippen MR) is 105 cm³/mol. The second-order valence-electron chi connectivity index (χ2n) is 8.54. The van der Waals surface area contributed by atoms with E-state index >= 15 is 4.39 Å². The molecule has 3 rings (SSSR count). The van der Waals surface area contributed by atoms with Crippen molar-refractivity contribution in [3.8, 4) is 0 Å². The third-order valence-corrected chi connectivity index (χ3v) is 6.30. The molecule has 0 spiro atoms. The molecule has 0 aromatic carbocycles. The molecule has 5 nitrogen and oxygen atoms in total. The molecular formula is C20H37FN4O. The summed E-state index contributed by atoms with van der Waals surface area (Å²) in [5.41, 5.74) is 0.115. The molecule has 1 aromatic rings. The molecule has 0 aliphatic heterocycles. The van der Waals surface area contributed by atoms with E-state index in [2.05, 4.69) is 34.0 Å². The number of nitrogens with one attached hydrogen (secondary N) is 2. The largest absolute Gasteiger partial charge is 0.338 e. The molecule has 1 heterocycles. The van der Waals surface area contributed by atoms with Crippen molar-refractivity contribution in [2.24, 2.45) is 17.8 Å². The van der Waals surface area contributed by atoms with Crippen LogP contribution in [0.1, 0.15) is 60.9 Å². The van der Waals surface area contributed by atoms with Crippen LogP contribution in [0.4, 0.5) is 9.18 Å². The Morgan fingerprint density at radius 1 is 1.46 bits per heavy atom. The van der Waals surface area contributed by atoms with Crippen molar-refractivity contribution in [2.45, 2.75) is 77.6 Å². The Morgan fingerprint density at radius 2 is 2.27 bits per heavy atom. The van der Waals surface area contributed by atoms with Gasteiger partial charge in [0, 0.05) is 33.9 Å². The summed E-state index contributed by atoms with van der Waals surface area (Å²) in [7, 11) is 0. The summed E-state index contributed by atoms with van der Waals surface area (Å²) < 4.78 is 17.2. The molecule has 2 aliphatic carbocycles. The van der Waals surface area contributed by atoms with Crippen molar-refractivity contribution in [1.82, 2.24) is 20.2 Å². The monoisotopic (exact) mass is 368 g/mol. The van der Waals surface area contributed by atoms with Crippen molar-refractivity contribution in [2.75, 3.05) is 6.54 Å². The van der Waals surface area contributed by atoms with E-state index in [4.69, 9.17) is 0 Å². The highest BCUT2D eigenvalue weighted by molar-refractivity contribution is 5.74. The number of carbonyl (C=O) groups excluding carboxylic acids is 1. The van der Waals surface area contributed by atoms with Gasteiger partial charge in [0.05, 0.1) is 6.33 Å². The predicted octanol–water partition coefficient (Wildman–Crippen LogP) is 4.32. The molecule has 2 bridgehead atoms. The molecule has 2 saturated carbocycles. The van der Waals surface area contributed by atoms with Gasteiger partial charge in [-0.05, 0) is 56.8 Å². The number of fused-ring (bicyclic) bond motifs is 2. The molecule has 3 unspecified atom stereocenters. The zero-order valence-electron chi connectivity index (χ0n) is 16.3. The number of hydrogen-bond donors (Lipinski definition) is 2. The first-order chi connectivity index (χ1) is 12.4. The minimum atomic E-state index is -1.01. The van der Waals surface area contributed by atoms with Gasteiger partial charge < -0.3 is 15.2 Å². The van der Waals surface area contributed by atoms with E-state index in [9.17, 15) is 4.79 Å². The summed E-state index contributed by atoms with van der Waals surface area (Å²) in [6.45, 7) is 7.75. The Kier molecular flexibility index (Phi) is 5.88. The van der Waals surface area contributed by atoms with Crippen LogP contribution in [0, 0.1) is 24.7 Å². The highest BCUT2D eigenvalue weighted by Gasteiger charge is 2.50. The fourth-order valence-electron chi connectivity index (χ4n) is 5.19. The van der Waals surface area contributed by atoms with Gasteiger partial charge in [-0.1, -0.05) is 20.3 Å². The smallest absolute Gasteiger partial charge is 0.315 e. The molecule has 2 amide bonds. The Morgan fingerprint density at radius 3 is 2.96 bits per heavy atom. The van der Waals surface area contributed by atoms with Crippen molar-refractivity contribution in [3.63, 3.8) is 0 Å². The summed E-state index contributed by atoms with van der Waals surface area (Å²) in [6, 6.07) is -0.0112. The van der Waals surface area contributed by atoms with Crippen molar-refractivity contribution in [3.05, 3.63) is 18.2 Å². The van der Waals surface area contributed by atoms with Gasteiger partial charge in [0.15, 0.2) is 0 Å². The minimum Gasteiger partial charge on any atom is -0.338 e. The first kappa shape index (κ1) is 19.2. The molecule has 2 fully saturated rings. The van der Waals surface area contributed by atoms with E-state index in [1.54, 1.807) is 0 Å². The lowest BCUT2D eigenvalue weighted by Gasteiger charge is -2.50. The number of aromatic nitrogens is 2. The maximum absolute atomic E-state index is 15.1. The normalized spacial score (nSPS) is 33.7. The number of amides is 2. The van der Waals surface area contributed by atoms with Gasteiger partial charge in [0.25, 0.3) is 0 Å². The average Bonchev–Trinajstić information content (AvgIpc) is 2.98. The fourth-order valence-corrected chi connectivity index (χ4v) is 5.19. The van der Waals surface area contributed by atoms with Crippen molar-refractivity contribution in [1.29, 1.82) is 0 Å². The van der Waals surface area contributed by atoms with Crippen LogP contribution in [0.3, 0.4) is 0 Å². The molecule has 0 saturated heterocycles. The van der Waals surface area contributed by atoms with Gasteiger partial charge >= 0.3 is 6.03 Å². The van der Waals surface area contributed by atoms with Crippen LogP contribution >= 0.6 is 0 Å². The Balaban J connectivity index is 0.00000196.